The molecule has 0 amide bonds. The molecule has 1 aliphatic carbocycles. The van der Waals surface area contributed by atoms with Gasteiger partial charge in [0.2, 0.25) is 0 Å². The first kappa shape index (κ1) is 17.2. The molecule has 0 radical (unpaired) electrons. The lowest BCUT2D eigenvalue weighted by molar-refractivity contribution is -0.0103. The number of nitrogens with one attached hydrogen (secondary N) is 1. The number of para-hydroxylation sites is 1. The Balaban J connectivity index is 1.49. The number of fused-ring (bicyclic) bond motifs is 2. The molecule has 3 aromatic rings. The zero-order valence-electron chi connectivity index (χ0n) is 14.7. The molecular formula is C19H17ClN6O2. The second kappa shape index (κ2) is 6.57. The van der Waals surface area contributed by atoms with Crippen LogP contribution in [0.5, 0.6) is 0 Å². The molecule has 4 unspecified atom stereocenters. The molecular weight excluding hydrogens is 380 g/mol. The molecule has 2 aliphatic rings. The minimum atomic E-state index is -0.664. The average Bonchev–Trinajstić information content (AvgIpc) is 3.27. The topological polar surface area (TPSA) is 119 Å². The molecule has 0 bridgehead atoms. The van der Waals surface area contributed by atoms with Crippen molar-refractivity contribution >= 4 is 39.7 Å². The van der Waals surface area contributed by atoms with Gasteiger partial charge in [-0.3, -0.25) is 0 Å². The predicted octanol–water partition coefficient (Wildman–Crippen LogP) is 2.22. The molecule has 9 heteroatoms. The van der Waals surface area contributed by atoms with Crippen LogP contribution in [0.25, 0.3) is 10.9 Å². The van der Waals surface area contributed by atoms with Gasteiger partial charge in [0.15, 0.2) is 17.1 Å². The molecule has 0 saturated heterocycles. The van der Waals surface area contributed by atoms with Crippen LogP contribution in [0.1, 0.15) is 12.1 Å². The first-order valence-electron chi connectivity index (χ1n) is 8.92. The first-order valence-corrected chi connectivity index (χ1v) is 9.30. The number of hydrogen-bond donors (Lipinski definition) is 3. The Labute approximate surface area is 165 Å². The summed E-state index contributed by atoms with van der Waals surface area (Å²) in [5.41, 5.74) is 8.55. The van der Waals surface area contributed by atoms with E-state index in [-0.39, 0.29) is 22.8 Å². The van der Waals surface area contributed by atoms with Crippen molar-refractivity contribution in [3.05, 3.63) is 53.6 Å². The van der Waals surface area contributed by atoms with E-state index < -0.39 is 12.2 Å². The van der Waals surface area contributed by atoms with Crippen LogP contribution < -0.4 is 11.1 Å². The monoisotopic (exact) mass is 396 g/mol. The molecule has 4 N–H and O–H groups in total. The summed E-state index contributed by atoms with van der Waals surface area (Å²) >= 11 is 6.00. The van der Waals surface area contributed by atoms with E-state index in [0.717, 1.165) is 16.6 Å². The average molecular weight is 397 g/mol. The van der Waals surface area contributed by atoms with Crippen LogP contribution in [0.15, 0.2) is 47.9 Å². The van der Waals surface area contributed by atoms with Crippen LogP contribution in [0.4, 0.5) is 11.5 Å². The van der Waals surface area contributed by atoms with Gasteiger partial charge in [0.05, 0.1) is 23.2 Å². The van der Waals surface area contributed by atoms with E-state index in [1.54, 1.807) is 0 Å². The molecule has 28 heavy (non-hydrogen) atoms. The predicted molar refractivity (Wildman–Crippen MR) is 106 cm³/mol. The highest BCUT2D eigenvalue weighted by Crippen LogP contribution is 2.39. The summed E-state index contributed by atoms with van der Waals surface area (Å²) in [6, 6.07) is 11.6. The third kappa shape index (κ3) is 2.73. The summed E-state index contributed by atoms with van der Waals surface area (Å²) < 4.78 is 0. The van der Waals surface area contributed by atoms with Gasteiger partial charge in [0.25, 0.3) is 0 Å². The molecule has 5 rings (SSSR count). The number of nitrogens with two attached hydrogens (primary N) is 1. The van der Waals surface area contributed by atoms with Crippen molar-refractivity contribution in [1.82, 2.24) is 15.0 Å². The molecule has 3 heterocycles. The number of nitrogen functional groups attached to an aromatic ring is 1. The van der Waals surface area contributed by atoms with Crippen LogP contribution in [0, 0.1) is 5.92 Å². The summed E-state index contributed by atoms with van der Waals surface area (Å²) in [7, 11) is 0. The van der Waals surface area contributed by atoms with Crippen molar-refractivity contribution in [1.29, 1.82) is 0 Å². The van der Waals surface area contributed by atoms with Crippen LogP contribution in [0.2, 0.25) is 5.15 Å². The van der Waals surface area contributed by atoms with E-state index in [1.165, 1.54) is 6.33 Å². The Hall–Kier alpha value is -2.97. The number of hydrogen-bond acceptors (Lipinski definition) is 8. The lowest BCUT2D eigenvalue weighted by Gasteiger charge is -2.21. The fourth-order valence-electron chi connectivity index (χ4n) is 3.91. The number of aromatic nitrogens is 3. The molecule has 8 nitrogen and oxygen atoms in total. The number of oxime groups is 1. The van der Waals surface area contributed by atoms with Gasteiger partial charge in [-0.1, -0.05) is 41.0 Å². The van der Waals surface area contributed by atoms with E-state index in [0.29, 0.717) is 18.0 Å². The third-order valence-corrected chi connectivity index (χ3v) is 5.57. The van der Waals surface area contributed by atoms with Gasteiger partial charge in [0, 0.05) is 11.4 Å². The van der Waals surface area contributed by atoms with Gasteiger partial charge >= 0.3 is 0 Å². The van der Waals surface area contributed by atoms with Gasteiger partial charge in [-0.05, 0) is 18.6 Å². The van der Waals surface area contributed by atoms with Crippen molar-refractivity contribution in [3.8, 4) is 0 Å². The highest BCUT2D eigenvalue weighted by molar-refractivity contribution is 6.32. The number of aliphatic hydroxyl groups is 1. The van der Waals surface area contributed by atoms with Crippen molar-refractivity contribution in [2.45, 2.75) is 24.7 Å². The fraction of sp³-hybridized carbons (Fsp3) is 0.263. The standard InChI is InChI=1S/C19H17ClN6O2/c20-18-15(21)19(23-8-22-18)25-12-7-13(27)17-14(12)16(26-28-17)11-6-5-9-3-1-2-4-10(9)24-11/h1-6,8,12-14,17,27H,7,21H2,(H,22,23,25). The van der Waals surface area contributed by atoms with Crippen molar-refractivity contribution < 1.29 is 9.94 Å². The SMILES string of the molecule is Nc1c(Cl)ncnc1NC1CC(O)C2ON=C(c3ccc4ccccc4n3)C12. The summed E-state index contributed by atoms with van der Waals surface area (Å²) in [5.74, 6) is 0.229. The maximum atomic E-state index is 10.5. The number of pyridine rings is 1. The quantitative estimate of drug-likeness (QED) is 0.581. The molecule has 1 aromatic carbocycles. The van der Waals surface area contributed by atoms with E-state index in [2.05, 4.69) is 20.4 Å². The molecule has 142 valence electrons. The number of aliphatic hydroxyl groups excluding tert-OH is 1. The van der Waals surface area contributed by atoms with E-state index in [4.69, 9.17) is 27.2 Å². The maximum absolute atomic E-state index is 10.5. The summed E-state index contributed by atoms with van der Waals surface area (Å²) in [6.07, 6.45) is 0.694. The number of anilines is 2. The fourth-order valence-corrected chi connectivity index (χ4v) is 4.04. The van der Waals surface area contributed by atoms with E-state index >= 15 is 0 Å². The number of nitrogens with zero attached hydrogens (tertiary/aromatic N) is 4. The van der Waals surface area contributed by atoms with E-state index in [9.17, 15) is 5.11 Å². The van der Waals surface area contributed by atoms with Gasteiger partial charge in [-0.2, -0.15) is 0 Å². The number of rotatable bonds is 3. The number of halogens is 1. The van der Waals surface area contributed by atoms with Gasteiger partial charge < -0.3 is 21.0 Å². The van der Waals surface area contributed by atoms with Gasteiger partial charge in [0.1, 0.15) is 17.7 Å². The van der Waals surface area contributed by atoms with Gasteiger partial charge in [-0.15, -0.1) is 0 Å². The third-order valence-electron chi connectivity index (χ3n) is 5.27. The van der Waals surface area contributed by atoms with Crippen molar-refractivity contribution in [3.63, 3.8) is 0 Å². The van der Waals surface area contributed by atoms with Crippen LogP contribution in [0.3, 0.4) is 0 Å². The summed E-state index contributed by atoms with van der Waals surface area (Å²) in [4.78, 5) is 18.3. The summed E-state index contributed by atoms with van der Waals surface area (Å²) in [6.45, 7) is 0. The first-order chi connectivity index (χ1) is 13.6. The highest BCUT2D eigenvalue weighted by Gasteiger charge is 2.51. The normalized spacial score (nSPS) is 26.0. The zero-order valence-corrected chi connectivity index (χ0v) is 15.4. The summed E-state index contributed by atoms with van der Waals surface area (Å²) in [5, 5.41) is 19.2. The van der Waals surface area contributed by atoms with Crippen LogP contribution in [-0.4, -0.2) is 44.0 Å². The second-order valence-corrected chi connectivity index (χ2v) is 7.30. The van der Waals surface area contributed by atoms with Crippen molar-refractivity contribution in [2.24, 2.45) is 11.1 Å². The minimum absolute atomic E-state index is 0.181. The Morgan fingerprint density at radius 2 is 2.04 bits per heavy atom. The molecule has 1 fully saturated rings. The zero-order chi connectivity index (χ0) is 19.3. The second-order valence-electron chi connectivity index (χ2n) is 6.94. The Morgan fingerprint density at radius 1 is 1.18 bits per heavy atom. The molecule has 4 atom stereocenters. The minimum Gasteiger partial charge on any atom is -0.393 e. The van der Waals surface area contributed by atoms with Gasteiger partial charge in [-0.25, -0.2) is 15.0 Å². The molecule has 1 saturated carbocycles. The lowest BCUT2D eigenvalue weighted by Crippen LogP contribution is -2.34. The Kier molecular flexibility index (Phi) is 4.03. The maximum Gasteiger partial charge on any atom is 0.163 e. The van der Waals surface area contributed by atoms with Crippen LogP contribution >= 0.6 is 11.6 Å². The Morgan fingerprint density at radius 3 is 2.93 bits per heavy atom. The molecule has 2 aromatic heterocycles. The highest BCUT2D eigenvalue weighted by atomic mass is 35.5. The number of benzene rings is 1. The largest absolute Gasteiger partial charge is 0.393 e. The van der Waals surface area contributed by atoms with Crippen LogP contribution in [-0.2, 0) is 4.84 Å². The smallest absolute Gasteiger partial charge is 0.163 e. The molecule has 0 spiro atoms. The molecule has 1 aliphatic heterocycles. The lowest BCUT2D eigenvalue weighted by atomic mass is 9.93. The van der Waals surface area contributed by atoms with Crippen molar-refractivity contribution in [2.75, 3.05) is 11.1 Å². The Bertz CT molecular complexity index is 1090. The van der Waals surface area contributed by atoms with E-state index in [1.807, 2.05) is 36.4 Å².